The fourth-order valence-electron chi connectivity index (χ4n) is 1.92. The Morgan fingerprint density at radius 1 is 1.50 bits per heavy atom. The number of ether oxygens (including phenoxy) is 1. The summed E-state index contributed by atoms with van der Waals surface area (Å²) in [5.41, 5.74) is 0.532. The van der Waals surface area contributed by atoms with Gasteiger partial charge in [-0.05, 0) is 18.6 Å². The van der Waals surface area contributed by atoms with Gasteiger partial charge in [-0.25, -0.2) is 4.98 Å². The number of aliphatic hydroxyl groups is 1. The fourth-order valence-corrected chi connectivity index (χ4v) is 1.92. The third kappa shape index (κ3) is 2.97. The first kappa shape index (κ1) is 12.8. The first-order valence-corrected chi connectivity index (χ1v) is 6.05. The smallest absolute Gasteiger partial charge is 0.145 e. The van der Waals surface area contributed by atoms with Gasteiger partial charge in [0.05, 0.1) is 5.60 Å². The van der Waals surface area contributed by atoms with Crippen LogP contribution in [0, 0.1) is 18.3 Å². The van der Waals surface area contributed by atoms with Crippen LogP contribution in [0.15, 0.2) is 12.1 Å². The highest BCUT2D eigenvalue weighted by atomic mass is 16.5. The molecule has 0 aliphatic carbocycles. The standard InChI is InChI=1S/C13H17N3O2/c1-10-2-3-12(16-11(10)8-14)15-9-13(17)4-6-18-7-5-13/h2-3,17H,4-7,9H2,1H3,(H,15,16). The molecule has 2 rings (SSSR count). The predicted molar refractivity (Wildman–Crippen MR) is 67.2 cm³/mol. The molecule has 0 bridgehead atoms. The maximum Gasteiger partial charge on any atom is 0.145 e. The zero-order valence-electron chi connectivity index (χ0n) is 10.4. The lowest BCUT2D eigenvalue weighted by Crippen LogP contribution is -2.42. The first-order chi connectivity index (χ1) is 8.63. The first-order valence-electron chi connectivity index (χ1n) is 6.05. The minimum atomic E-state index is -0.738. The number of pyridine rings is 1. The highest BCUT2D eigenvalue weighted by molar-refractivity contribution is 5.42. The van der Waals surface area contributed by atoms with Crippen LogP contribution in [-0.4, -0.2) is 35.5 Å². The summed E-state index contributed by atoms with van der Waals surface area (Å²) in [6, 6.07) is 5.72. The Bertz CT molecular complexity index is 462. The normalized spacial score (nSPS) is 18.1. The Balaban J connectivity index is 2.00. The van der Waals surface area contributed by atoms with Gasteiger partial charge >= 0.3 is 0 Å². The van der Waals surface area contributed by atoms with Crippen molar-refractivity contribution >= 4 is 5.82 Å². The molecule has 0 amide bonds. The third-order valence-electron chi connectivity index (χ3n) is 3.22. The van der Waals surface area contributed by atoms with Crippen molar-refractivity contribution in [1.29, 1.82) is 5.26 Å². The van der Waals surface area contributed by atoms with Crippen molar-refractivity contribution in [1.82, 2.24) is 4.98 Å². The molecule has 0 spiro atoms. The fraction of sp³-hybridized carbons (Fsp3) is 0.538. The average molecular weight is 247 g/mol. The van der Waals surface area contributed by atoms with Crippen molar-refractivity contribution in [3.8, 4) is 6.07 Å². The molecule has 1 aromatic heterocycles. The molecule has 0 radical (unpaired) electrons. The second-order valence-corrected chi connectivity index (χ2v) is 4.66. The van der Waals surface area contributed by atoms with E-state index >= 15 is 0 Å². The van der Waals surface area contributed by atoms with Gasteiger partial charge in [0.25, 0.3) is 0 Å². The Morgan fingerprint density at radius 2 is 2.22 bits per heavy atom. The molecule has 1 fully saturated rings. The van der Waals surface area contributed by atoms with E-state index in [0.717, 1.165) is 5.56 Å². The van der Waals surface area contributed by atoms with Crippen molar-refractivity contribution in [3.63, 3.8) is 0 Å². The van der Waals surface area contributed by atoms with Crippen LogP contribution < -0.4 is 5.32 Å². The van der Waals surface area contributed by atoms with E-state index in [2.05, 4.69) is 10.3 Å². The third-order valence-corrected chi connectivity index (χ3v) is 3.22. The maximum absolute atomic E-state index is 10.3. The van der Waals surface area contributed by atoms with Crippen LogP contribution in [-0.2, 0) is 4.74 Å². The largest absolute Gasteiger partial charge is 0.388 e. The van der Waals surface area contributed by atoms with E-state index in [0.29, 0.717) is 44.1 Å². The number of hydrogen-bond acceptors (Lipinski definition) is 5. The number of hydrogen-bond donors (Lipinski definition) is 2. The Morgan fingerprint density at radius 3 is 2.89 bits per heavy atom. The van der Waals surface area contributed by atoms with Crippen LogP contribution in [0.5, 0.6) is 0 Å². The number of aryl methyl sites for hydroxylation is 1. The molecule has 96 valence electrons. The van der Waals surface area contributed by atoms with Crippen LogP contribution in [0.1, 0.15) is 24.1 Å². The van der Waals surface area contributed by atoms with E-state index in [1.807, 2.05) is 25.1 Å². The molecule has 5 heteroatoms. The lowest BCUT2D eigenvalue weighted by molar-refractivity contribution is -0.0543. The second kappa shape index (κ2) is 5.34. The Kier molecular flexibility index (Phi) is 3.80. The molecule has 2 N–H and O–H groups in total. The van der Waals surface area contributed by atoms with E-state index in [4.69, 9.17) is 10.00 Å². The van der Waals surface area contributed by atoms with Crippen molar-refractivity contribution in [2.24, 2.45) is 0 Å². The molecule has 18 heavy (non-hydrogen) atoms. The maximum atomic E-state index is 10.3. The van der Waals surface area contributed by atoms with Gasteiger partial charge in [0.1, 0.15) is 17.6 Å². The van der Waals surface area contributed by atoms with Gasteiger partial charge < -0.3 is 15.2 Å². The van der Waals surface area contributed by atoms with Crippen molar-refractivity contribution in [2.45, 2.75) is 25.4 Å². The highest BCUT2D eigenvalue weighted by Gasteiger charge is 2.29. The second-order valence-electron chi connectivity index (χ2n) is 4.66. The molecule has 5 nitrogen and oxygen atoms in total. The number of nitrogens with zero attached hydrogens (tertiary/aromatic N) is 2. The quantitative estimate of drug-likeness (QED) is 0.839. The van der Waals surface area contributed by atoms with E-state index in [-0.39, 0.29) is 0 Å². The number of aromatic nitrogens is 1. The van der Waals surface area contributed by atoms with Crippen molar-refractivity contribution in [3.05, 3.63) is 23.4 Å². The van der Waals surface area contributed by atoms with Crippen molar-refractivity contribution in [2.75, 3.05) is 25.1 Å². The number of nitriles is 1. The van der Waals surface area contributed by atoms with E-state index in [9.17, 15) is 5.11 Å². The number of rotatable bonds is 3. The van der Waals surface area contributed by atoms with Crippen LogP contribution in [0.4, 0.5) is 5.82 Å². The molecule has 1 aliphatic heterocycles. The summed E-state index contributed by atoms with van der Waals surface area (Å²) in [6.07, 6.45) is 1.24. The lowest BCUT2D eigenvalue weighted by Gasteiger charge is -2.32. The molecule has 1 aromatic rings. The summed E-state index contributed by atoms with van der Waals surface area (Å²) in [7, 11) is 0. The number of nitrogens with one attached hydrogen (secondary N) is 1. The molecule has 2 heterocycles. The van der Waals surface area contributed by atoms with Gasteiger partial charge in [0, 0.05) is 32.6 Å². The molecule has 1 saturated heterocycles. The molecule has 0 aromatic carbocycles. The summed E-state index contributed by atoms with van der Waals surface area (Å²) < 4.78 is 5.22. The minimum Gasteiger partial charge on any atom is -0.388 e. The summed E-state index contributed by atoms with van der Waals surface area (Å²) in [5, 5.41) is 22.3. The molecule has 0 atom stereocenters. The van der Waals surface area contributed by atoms with Gasteiger partial charge in [-0.2, -0.15) is 5.26 Å². The van der Waals surface area contributed by atoms with Crippen molar-refractivity contribution < 1.29 is 9.84 Å². The highest BCUT2D eigenvalue weighted by Crippen LogP contribution is 2.21. The summed E-state index contributed by atoms with van der Waals surface area (Å²) in [5.74, 6) is 0.622. The zero-order chi connectivity index (χ0) is 13.0. The van der Waals surface area contributed by atoms with Crippen LogP contribution in [0.3, 0.4) is 0 Å². The Hall–Kier alpha value is -1.64. The van der Waals surface area contributed by atoms with Gasteiger partial charge in [0.2, 0.25) is 0 Å². The van der Waals surface area contributed by atoms with Crippen LogP contribution in [0.25, 0.3) is 0 Å². The van der Waals surface area contributed by atoms with Gasteiger partial charge in [-0.1, -0.05) is 6.07 Å². The zero-order valence-corrected chi connectivity index (χ0v) is 10.4. The van der Waals surface area contributed by atoms with Gasteiger partial charge in [-0.15, -0.1) is 0 Å². The van der Waals surface area contributed by atoms with E-state index in [1.54, 1.807) is 0 Å². The molecule has 1 aliphatic rings. The topological polar surface area (TPSA) is 78.2 Å². The summed E-state index contributed by atoms with van der Waals surface area (Å²) in [4.78, 5) is 4.19. The minimum absolute atomic E-state index is 0.416. The van der Waals surface area contributed by atoms with Gasteiger partial charge in [-0.3, -0.25) is 0 Å². The van der Waals surface area contributed by atoms with E-state index in [1.165, 1.54) is 0 Å². The van der Waals surface area contributed by atoms with Crippen LogP contribution in [0.2, 0.25) is 0 Å². The SMILES string of the molecule is Cc1ccc(NCC2(O)CCOCC2)nc1C#N. The number of anilines is 1. The van der Waals surface area contributed by atoms with Crippen LogP contribution >= 0.6 is 0 Å². The average Bonchev–Trinajstić information content (AvgIpc) is 2.39. The van der Waals surface area contributed by atoms with Gasteiger partial charge in [0.15, 0.2) is 0 Å². The molecular formula is C13H17N3O2. The molecule has 0 saturated carbocycles. The Labute approximate surface area is 106 Å². The monoisotopic (exact) mass is 247 g/mol. The summed E-state index contributed by atoms with van der Waals surface area (Å²) >= 11 is 0. The molecule has 0 unspecified atom stereocenters. The lowest BCUT2D eigenvalue weighted by atomic mass is 9.94. The predicted octanol–water partition coefficient (Wildman–Crippen LogP) is 1.22. The van der Waals surface area contributed by atoms with E-state index < -0.39 is 5.60 Å². The molecular weight excluding hydrogens is 230 g/mol. The summed E-state index contributed by atoms with van der Waals surface area (Å²) in [6.45, 7) is 3.45.